The third-order valence-corrected chi connectivity index (χ3v) is 0.812. The van der Waals surface area contributed by atoms with Crippen LogP contribution in [0, 0.1) is 0 Å². The van der Waals surface area contributed by atoms with Crippen molar-refractivity contribution in [2.24, 2.45) is 0 Å². The number of hydrogen-bond donors (Lipinski definition) is 0. The molecule has 0 aromatic rings. The van der Waals surface area contributed by atoms with Gasteiger partial charge in [0.05, 0.1) is 0 Å². The number of halogens is 1. The summed E-state index contributed by atoms with van der Waals surface area (Å²) in [6.07, 6.45) is -0.650. The molecule has 0 heterocycles. The Hall–Kier alpha value is 0. The number of hydrogen-bond acceptors (Lipinski definition) is 3. The predicted molar refractivity (Wildman–Crippen MR) is 41.3 cm³/mol. The maximum Gasteiger partial charge on any atom is 0.518 e. The molecular weight excluding hydrogens is 235 g/mol. The van der Waals surface area contributed by atoms with Crippen LogP contribution in [-0.2, 0) is 7.80 Å². The minimum Gasteiger partial charge on any atom is -0.428 e. The van der Waals surface area contributed by atoms with E-state index < -0.39 is 11.8 Å². The molecule has 0 saturated heterocycles. The Morgan fingerprint density at radius 2 is 1.89 bits per heavy atom. The van der Waals surface area contributed by atoms with Crippen LogP contribution in [0.5, 0.6) is 0 Å². The summed E-state index contributed by atoms with van der Waals surface area (Å²) < 4.78 is 8.95. The molecule has 0 bridgehead atoms. The van der Waals surface area contributed by atoms with Crippen LogP contribution in [0.1, 0.15) is 20.8 Å². The van der Waals surface area contributed by atoms with Gasteiger partial charge in [0.25, 0.3) is 0 Å². The van der Waals surface area contributed by atoms with Crippen molar-refractivity contribution in [3.8, 4) is 0 Å². The summed E-state index contributed by atoms with van der Waals surface area (Å²) in [4.78, 5) is 10.4. The van der Waals surface area contributed by atoms with Gasteiger partial charge in [0.2, 0.25) is 0 Å². The van der Waals surface area contributed by atoms with Gasteiger partial charge in [0.15, 0.2) is 23.0 Å². The van der Waals surface area contributed by atoms with E-state index in [0.29, 0.717) is 0 Å². The van der Waals surface area contributed by atoms with Gasteiger partial charge in [0.1, 0.15) is 5.60 Å². The van der Waals surface area contributed by atoms with E-state index in [1.54, 1.807) is 20.8 Å². The molecular formula is C5H9IO3. The summed E-state index contributed by atoms with van der Waals surface area (Å²) in [7, 11) is 0. The SMILES string of the molecule is CC(C)(C)OC(=O)OI. The Bertz CT molecular complexity index is 105. The maximum absolute atomic E-state index is 10.4. The first kappa shape index (κ1) is 9.00. The number of carbonyl (C=O) groups excluding carboxylic acids is 1. The molecule has 0 atom stereocenters. The lowest BCUT2D eigenvalue weighted by atomic mass is 10.2. The molecule has 0 saturated carbocycles. The highest BCUT2D eigenvalue weighted by atomic mass is 127. The third-order valence-electron chi connectivity index (χ3n) is 0.453. The van der Waals surface area contributed by atoms with Crippen molar-refractivity contribution in [3.63, 3.8) is 0 Å². The molecule has 0 unspecified atom stereocenters. The summed E-state index contributed by atoms with van der Waals surface area (Å²) >= 11 is 1.48. The highest BCUT2D eigenvalue weighted by molar-refractivity contribution is 14.1. The summed E-state index contributed by atoms with van der Waals surface area (Å²) in [5.41, 5.74) is -0.456. The first-order valence-electron chi connectivity index (χ1n) is 2.47. The quantitative estimate of drug-likeness (QED) is 0.484. The Morgan fingerprint density at radius 3 is 2.00 bits per heavy atom. The van der Waals surface area contributed by atoms with Gasteiger partial charge in [-0.1, -0.05) is 0 Å². The molecule has 0 aliphatic heterocycles. The van der Waals surface area contributed by atoms with E-state index in [1.807, 2.05) is 0 Å². The van der Waals surface area contributed by atoms with E-state index in [-0.39, 0.29) is 0 Å². The van der Waals surface area contributed by atoms with Gasteiger partial charge in [0, 0.05) is 0 Å². The maximum atomic E-state index is 10.4. The van der Waals surface area contributed by atoms with Crippen molar-refractivity contribution in [1.29, 1.82) is 0 Å². The Kier molecular flexibility index (Phi) is 3.24. The molecule has 0 N–H and O–H groups in total. The largest absolute Gasteiger partial charge is 0.518 e. The average Bonchev–Trinajstić information content (AvgIpc) is 1.62. The van der Waals surface area contributed by atoms with E-state index in [0.717, 1.165) is 0 Å². The third kappa shape index (κ3) is 5.88. The monoisotopic (exact) mass is 244 g/mol. The smallest absolute Gasteiger partial charge is 0.428 e. The van der Waals surface area contributed by atoms with E-state index in [9.17, 15) is 4.79 Å². The van der Waals surface area contributed by atoms with Gasteiger partial charge in [-0.05, 0) is 20.8 Å². The van der Waals surface area contributed by atoms with Crippen LogP contribution in [0.4, 0.5) is 4.79 Å². The van der Waals surface area contributed by atoms with Gasteiger partial charge in [-0.25, -0.2) is 4.79 Å². The summed E-state index contributed by atoms with van der Waals surface area (Å²) in [5.74, 6) is 0. The van der Waals surface area contributed by atoms with Gasteiger partial charge < -0.3 is 7.80 Å². The molecule has 9 heavy (non-hydrogen) atoms. The lowest BCUT2D eigenvalue weighted by Crippen LogP contribution is -2.22. The van der Waals surface area contributed by atoms with Crippen LogP contribution in [0.3, 0.4) is 0 Å². The highest BCUT2D eigenvalue weighted by Crippen LogP contribution is 2.08. The molecule has 3 nitrogen and oxygen atoms in total. The van der Waals surface area contributed by atoms with Crippen molar-refractivity contribution >= 4 is 29.2 Å². The fourth-order valence-electron chi connectivity index (χ4n) is 0.266. The highest BCUT2D eigenvalue weighted by Gasteiger charge is 2.16. The standard InChI is InChI=1S/C5H9IO3/c1-5(2,3)8-4(7)9-6/h1-3H3. The van der Waals surface area contributed by atoms with Crippen molar-refractivity contribution in [3.05, 3.63) is 0 Å². The second-order valence-corrected chi connectivity index (χ2v) is 2.98. The van der Waals surface area contributed by atoms with Crippen LogP contribution in [0.25, 0.3) is 0 Å². The predicted octanol–water partition coefficient (Wildman–Crippen LogP) is 2.29. The molecule has 4 heteroatoms. The molecule has 0 aliphatic rings. The molecule has 0 rings (SSSR count). The Balaban J connectivity index is 3.60. The van der Waals surface area contributed by atoms with E-state index >= 15 is 0 Å². The van der Waals surface area contributed by atoms with Crippen molar-refractivity contribution in [2.45, 2.75) is 26.4 Å². The zero-order valence-electron chi connectivity index (χ0n) is 5.60. The first-order chi connectivity index (χ1) is 3.95. The zero-order valence-corrected chi connectivity index (χ0v) is 7.76. The minimum atomic E-state index is -0.650. The van der Waals surface area contributed by atoms with Crippen LogP contribution in [-0.4, -0.2) is 11.8 Å². The zero-order chi connectivity index (χ0) is 7.49. The molecule has 0 aliphatic carbocycles. The topological polar surface area (TPSA) is 35.5 Å². The second-order valence-electron chi connectivity index (χ2n) is 2.54. The number of ether oxygens (including phenoxy) is 1. The summed E-state index contributed by atoms with van der Waals surface area (Å²) in [6, 6.07) is 0. The second kappa shape index (κ2) is 3.24. The summed E-state index contributed by atoms with van der Waals surface area (Å²) in [5, 5.41) is 0. The summed E-state index contributed by atoms with van der Waals surface area (Å²) in [6.45, 7) is 5.34. The first-order valence-corrected chi connectivity index (χ1v) is 3.35. The van der Waals surface area contributed by atoms with Gasteiger partial charge in [-0.15, -0.1) is 0 Å². The molecule has 54 valence electrons. The fourth-order valence-corrected chi connectivity index (χ4v) is 0.356. The van der Waals surface area contributed by atoms with Crippen LogP contribution >= 0.6 is 23.0 Å². The van der Waals surface area contributed by atoms with Crippen molar-refractivity contribution in [1.82, 2.24) is 0 Å². The minimum absolute atomic E-state index is 0.456. The van der Waals surface area contributed by atoms with E-state index in [1.165, 1.54) is 23.0 Å². The molecule has 0 radical (unpaired) electrons. The van der Waals surface area contributed by atoms with Crippen LogP contribution in [0.2, 0.25) is 0 Å². The average molecular weight is 244 g/mol. The van der Waals surface area contributed by atoms with Gasteiger partial charge in [-0.3, -0.25) is 0 Å². The fraction of sp³-hybridized carbons (Fsp3) is 0.800. The van der Waals surface area contributed by atoms with Crippen LogP contribution in [0.15, 0.2) is 0 Å². The van der Waals surface area contributed by atoms with Crippen LogP contribution < -0.4 is 0 Å². The number of carbonyl (C=O) groups is 1. The van der Waals surface area contributed by atoms with Crippen molar-refractivity contribution < 1.29 is 12.6 Å². The lowest BCUT2D eigenvalue weighted by molar-refractivity contribution is 0.0294. The Labute approximate surface area is 68.4 Å². The Morgan fingerprint density at radius 1 is 1.44 bits per heavy atom. The van der Waals surface area contributed by atoms with Crippen molar-refractivity contribution in [2.75, 3.05) is 0 Å². The molecule has 0 spiro atoms. The van der Waals surface area contributed by atoms with Gasteiger partial charge in [-0.2, -0.15) is 0 Å². The van der Waals surface area contributed by atoms with E-state index in [4.69, 9.17) is 4.74 Å². The van der Waals surface area contributed by atoms with E-state index in [2.05, 4.69) is 3.07 Å². The molecule has 0 aromatic heterocycles. The molecule has 0 fully saturated rings. The molecule has 0 amide bonds. The normalized spacial score (nSPS) is 10.7. The van der Waals surface area contributed by atoms with Gasteiger partial charge >= 0.3 is 6.16 Å². The lowest BCUT2D eigenvalue weighted by Gasteiger charge is -2.16. The number of rotatable bonds is 0. The molecule has 0 aromatic carbocycles.